The molecule has 0 saturated carbocycles. The predicted octanol–water partition coefficient (Wildman–Crippen LogP) is 2.23. The Bertz CT molecular complexity index is 571. The van der Waals surface area contributed by atoms with Gasteiger partial charge in [-0.05, 0) is 31.9 Å². The van der Waals surface area contributed by atoms with Crippen LogP contribution in [0.25, 0.3) is 0 Å². The van der Waals surface area contributed by atoms with Crippen LogP contribution in [0.15, 0.2) is 24.3 Å². The molecule has 2 N–H and O–H groups in total. The fraction of sp³-hybridized carbons (Fsp3) is 0.556. The van der Waals surface area contributed by atoms with Gasteiger partial charge >= 0.3 is 6.09 Å². The lowest BCUT2D eigenvalue weighted by molar-refractivity contribution is -0.116. The number of rotatable bonds is 7. The number of carbonyl (C=O) groups is 2. The second-order valence-corrected chi connectivity index (χ2v) is 5.91. The van der Waals surface area contributed by atoms with E-state index in [1.54, 1.807) is 12.0 Å². The third-order valence-electron chi connectivity index (χ3n) is 4.19. The molecule has 1 aromatic carbocycles. The minimum atomic E-state index is -0.239. The Kier molecular flexibility index (Phi) is 7.53. The summed E-state index contributed by atoms with van der Waals surface area (Å²) in [6, 6.07) is 7.66. The zero-order valence-electron chi connectivity index (χ0n) is 14.9. The van der Waals surface area contributed by atoms with E-state index in [0.717, 1.165) is 12.8 Å². The third-order valence-corrected chi connectivity index (χ3v) is 4.19. The van der Waals surface area contributed by atoms with Crippen molar-refractivity contribution in [2.45, 2.75) is 32.2 Å². The number of likely N-dealkylation sites (tertiary alicyclic amines) is 1. The maximum atomic E-state index is 12.1. The number of carbonyl (C=O) groups excluding carboxylic acids is 2. The van der Waals surface area contributed by atoms with E-state index >= 15 is 0 Å². The molecule has 2 amide bonds. The first-order chi connectivity index (χ1) is 12.1. The normalized spacial score (nSPS) is 14.9. The molecule has 2 rings (SSSR count). The number of nitrogens with zero attached hydrogens (tertiary/aromatic N) is 1. The summed E-state index contributed by atoms with van der Waals surface area (Å²) >= 11 is 0. The Morgan fingerprint density at radius 2 is 1.96 bits per heavy atom. The van der Waals surface area contributed by atoms with Crippen molar-refractivity contribution in [3.05, 3.63) is 24.3 Å². The highest BCUT2D eigenvalue weighted by atomic mass is 16.6. The van der Waals surface area contributed by atoms with Gasteiger partial charge in [0.2, 0.25) is 5.91 Å². The number of methoxy groups -OCH3 is 1. The van der Waals surface area contributed by atoms with Crippen LogP contribution in [0.3, 0.4) is 0 Å². The number of benzene rings is 1. The number of nitrogens with one attached hydrogen (secondary N) is 2. The van der Waals surface area contributed by atoms with Crippen molar-refractivity contribution < 1.29 is 19.1 Å². The van der Waals surface area contributed by atoms with E-state index in [4.69, 9.17) is 9.47 Å². The van der Waals surface area contributed by atoms with Crippen molar-refractivity contribution >= 4 is 17.7 Å². The summed E-state index contributed by atoms with van der Waals surface area (Å²) in [6.07, 6.45) is 1.88. The summed E-state index contributed by atoms with van der Waals surface area (Å²) in [5, 5.41) is 6.25. The van der Waals surface area contributed by atoms with Gasteiger partial charge in [-0.15, -0.1) is 0 Å². The van der Waals surface area contributed by atoms with Gasteiger partial charge < -0.3 is 25.0 Å². The van der Waals surface area contributed by atoms with Crippen LogP contribution in [0, 0.1) is 0 Å². The number of hydrogen-bond donors (Lipinski definition) is 2. The Labute approximate surface area is 148 Å². The number of anilines is 1. The molecule has 0 unspecified atom stereocenters. The maximum absolute atomic E-state index is 12.1. The lowest BCUT2D eigenvalue weighted by atomic mass is 10.1. The lowest BCUT2D eigenvalue weighted by Gasteiger charge is -2.31. The summed E-state index contributed by atoms with van der Waals surface area (Å²) in [6.45, 7) is 4.18. The molecule has 1 aliphatic heterocycles. The summed E-state index contributed by atoms with van der Waals surface area (Å²) < 4.78 is 10.2. The summed E-state index contributed by atoms with van der Waals surface area (Å²) in [5.41, 5.74) is 0.678. The number of ether oxygens (including phenoxy) is 2. The highest BCUT2D eigenvalue weighted by molar-refractivity contribution is 5.92. The Hall–Kier alpha value is -2.28. The average molecular weight is 349 g/mol. The largest absolute Gasteiger partial charge is 0.495 e. The third kappa shape index (κ3) is 5.94. The van der Waals surface area contributed by atoms with Crippen molar-refractivity contribution in [2.75, 3.05) is 38.7 Å². The molecule has 0 aliphatic carbocycles. The van der Waals surface area contributed by atoms with Gasteiger partial charge in [-0.3, -0.25) is 4.79 Å². The van der Waals surface area contributed by atoms with Crippen LogP contribution in [-0.2, 0) is 9.53 Å². The molecule has 1 fully saturated rings. The first-order valence-corrected chi connectivity index (χ1v) is 8.72. The molecular formula is C18H27N3O4. The van der Waals surface area contributed by atoms with Crippen LogP contribution in [-0.4, -0.2) is 56.3 Å². The van der Waals surface area contributed by atoms with E-state index < -0.39 is 0 Å². The summed E-state index contributed by atoms with van der Waals surface area (Å²) in [5.74, 6) is 0.594. The van der Waals surface area contributed by atoms with E-state index in [9.17, 15) is 9.59 Å². The number of para-hydroxylation sites is 2. The number of hydrogen-bond acceptors (Lipinski definition) is 5. The van der Waals surface area contributed by atoms with Crippen LogP contribution in [0.5, 0.6) is 5.75 Å². The average Bonchev–Trinajstić information content (AvgIpc) is 2.63. The SMILES string of the molecule is CCOC(=O)N1CCC(NCCC(=O)Nc2ccccc2OC)CC1. The molecule has 0 radical (unpaired) electrons. The second kappa shape index (κ2) is 9.88. The van der Waals surface area contributed by atoms with Crippen molar-refractivity contribution in [1.82, 2.24) is 10.2 Å². The molecule has 0 bridgehead atoms. The Morgan fingerprint density at radius 3 is 2.64 bits per heavy atom. The van der Waals surface area contributed by atoms with Gasteiger partial charge in [-0.2, -0.15) is 0 Å². The van der Waals surface area contributed by atoms with Crippen molar-refractivity contribution in [3.63, 3.8) is 0 Å². The van der Waals surface area contributed by atoms with E-state index in [1.165, 1.54) is 0 Å². The van der Waals surface area contributed by atoms with Gasteiger partial charge in [-0.1, -0.05) is 12.1 Å². The standard InChI is InChI=1S/C18H27N3O4/c1-3-25-18(23)21-12-9-14(10-13-21)19-11-8-17(22)20-15-6-4-5-7-16(15)24-2/h4-7,14,19H,3,8-13H2,1-2H3,(H,20,22). The summed E-state index contributed by atoms with van der Waals surface area (Å²) in [7, 11) is 1.58. The molecule has 1 aromatic rings. The molecule has 25 heavy (non-hydrogen) atoms. The van der Waals surface area contributed by atoms with Gasteiger partial charge in [0.05, 0.1) is 19.4 Å². The first kappa shape index (κ1) is 19.1. The smallest absolute Gasteiger partial charge is 0.409 e. The molecule has 7 nitrogen and oxygen atoms in total. The molecular weight excluding hydrogens is 322 g/mol. The maximum Gasteiger partial charge on any atom is 0.409 e. The topological polar surface area (TPSA) is 79.9 Å². The van der Waals surface area contributed by atoms with Crippen LogP contribution >= 0.6 is 0 Å². The zero-order chi connectivity index (χ0) is 18.1. The fourth-order valence-electron chi connectivity index (χ4n) is 2.83. The first-order valence-electron chi connectivity index (χ1n) is 8.72. The van der Waals surface area contributed by atoms with Crippen molar-refractivity contribution in [2.24, 2.45) is 0 Å². The molecule has 138 valence electrons. The van der Waals surface area contributed by atoms with Gasteiger partial charge in [0.1, 0.15) is 5.75 Å². The lowest BCUT2D eigenvalue weighted by Crippen LogP contribution is -2.45. The molecule has 7 heteroatoms. The van der Waals surface area contributed by atoms with Crippen molar-refractivity contribution in [3.8, 4) is 5.75 Å². The van der Waals surface area contributed by atoms with Gasteiger partial charge in [0, 0.05) is 32.1 Å². The molecule has 1 heterocycles. The monoisotopic (exact) mass is 349 g/mol. The predicted molar refractivity (Wildman–Crippen MR) is 95.9 cm³/mol. The van der Waals surface area contributed by atoms with Crippen molar-refractivity contribution in [1.29, 1.82) is 0 Å². The van der Waals surface area contributed by atoms with Crippen LogP contribution in [0.2, 0.25) is 0 Å². The van der Waals surface area contributed by atoms with Gasteiger partial charge in [0.15, 0.2) is 0 Å². The van der Waals surface area contributed by atoms with E-state index in [1.807, 2.05) is 31.2 Å². The second-order valence-electron chi connectivity index (χ2n) is 5.91. The molecule has 0 spiro atoms. The van der Waals surface area contributed by atoms with Gasteiger partial charge in [0.25, 0.3) is 0 Å². The minimum Gasteiger partial charge on any atom is -0.495 e. The van der Waals surface area contributed by atoms with Gasteiger partial charge in [-0.25, -0.2) is 4.79 Å². The number of amides is 2. The molecule has 1 aliphatic rings. The highest BCUT2D eigenvalue weighted by Gasteiger charge is 2.23. The quantitative estimate of drug-likeness (QED) is 0.789. The van der Waals surface area contributed by atoms with E-state index in [0.29, 0.717) is 50.1 Å². The number of piperidine rings is 1. The Morgan fingerprint density at radius 1 is 1.24 bits per heavy atom. The van der Waals surface area contributed by atoms with Crippen LogP contribution in [0.4, 0.5) is 10.5 Å². The Balaban J connectivity index is 1.66. The summed E-state index contributed by atoms with van der Waals surface area (Å²) in [4.78, 5) is 25.4. The van der Waals surface area contributed by atoms with Crippen LogP contribution in [0.1, 0.15) is 26.2 Å². The fourth-order valence-corrected chi connectivity index (χ4v) is 2.83. The van der Waals surface area contributed by atoms with E-state index in [2.05, 4.69) is 10.6 Å². The molecule has 0 atom stereocenters. The zero-order valence-corrected chi connectivity index (χ0v) is 14.9. The highest BCUT2D eigenvalue weighted by Crippen LogP contribution is 2.23. The van der Waals surface area contributed by atoms with E-state index in [-0.39, 0.29) is 12.0 Å². The van der Waals surface area contributed by atoms with Crippen LogP contribution < -0.4 is 15.4 Å². The minimum absolute atomic E-state index is 0.0547. The molecule has 0 aromatic heterocycles. The molecule has 1 saturated heterocycles.